The summed E-state index contributed by atoms with van der Waals surface area (Å²) in [4.78, 5) is 6.84. The topological polar surface area (TPSA) is 42.1 Å². The van der Waals surface area contributed by atoms with Crippen LogP contribution in [0.25, 0.3) is 10.9 Å². The Balaban J connectivity index is 1.95. The first-order chi connectivity index (χ1) is 8.74. The van der Waals surface area contributed by atoms with Gasteiger partial charge in [-0.05, 0) is 30.2 Å². The van der Waals surface area contributed by atoms with Gasteiger partial charge < -0.3 is 5.73 Å². The lowest BCUT2D eigenvalue weighted by molar-refractivity contribution is 0.328. The van der Waals surface area contributed by atoms with Crippen molar-refractivity contribution in [1.82, 2.24) is 9.88 Å². The number of nitrogens with zero attached hydrogens (tertiary/aromatic N) is 2. The molecule has 0 radical (unpaired) electrons. The van der Waals surface area contributed by atoms with E-state index in [0.29, 0.717) is 6.04 Å². The first kappa shape index (κ1) is 11.9. The lowest BCUT2D eigenvalue weighted by atomic mass is 10.1. The van der Waals surface area contributed by atoms with Crippen molar-refractivity contribution in [2.75, 3.05) is 13.1 Å². The third-order valence-electron chi connectivity index (χ3n) is 3.50. The standard InChI is InChI=1S/C14H16ClN3/c15-13-4-3-10(8-18-7-5-11(16)9-18)14-12(13)2-1-6-17-14/h1-4,6,11H,5,7-9,16H2. The van der Waals surface area contributed by atoms with Crippen LogP contribution < -0.4 is 5.73 Å². The van der Waals surface area contributed by atoms with E-state index in [2.05, 4.69) is 16.0 Å². The van der Waals surface area contributed by atoms with Gasteiger partial charge >= 0.3 is 0 Å². The Morgan fingerprint density at radius 3 is 3.06 bits per heavy atom. The molecule has 2 N–H and O–H groups in total. The van der Waals surface area contributed by atoms with E-state index in [-0.39, 0.29) is 0 Å². The monoisotopic (exact) mass is 261 g/mol. The molecule has 94 valence electrons. The van der Waals surface area contributed by atoms with E-state index >= 15 is 0 Å². The number of fused-ring (bicyclic) bond motifs is 1. The van der Waals surface area contributed by atoms with Gasteiger partial charge in [-0.2, -0.15) is 0 Å². The van der Waals surface area contributed by atoms with Crippen LogP contribution in [0.15, 0.2) is 30.5 Å². The SMILES string of the molecule is NC1CCN(Cc2ccc(Cl)c3cccnc23)C1. The first-order valence-corrected chi connectivity index (χ1v) is 6.62. The number of benzene rings is 1. The van der Waals surface area contributed by atoms with Crippen molar-refractivity contribution >= 4 is 22.5 Å². The number of aromatic nitrogens is 1. The molecular weight excluding hydrogens is 246 g/mol. The van der Waals surface area contributed by atoms with Crippen molar-refractivity contribution in [3.8, 4) is 0 Å². The summed E-state index contributed by atoms with van der Waals surface area (Å²) in [6, 6.07) is 8.28. The molecule has 0 aliphatic carbocycles. The Morgan fingerprint density at radius 1 is 1.39 bits per heavy atom. The van der Waals surface area contributed by atoms with E-state index in [0.717, 1.165) is 42.0 Å². The largest absolute Gasteiger partial charge is 0.326 e. The van der Waals surface area contributed by atoms with Gasteiger partial charge in [0.25, 0.3) is 0 Å². The molecule has 0 saturated carbocycles. The fourth-order valence-corrected chi connectivity index (χ4v) is 2.79. The summed E-state index contributed by atoms with van der Waals surface area (Å²) in [5.41, 5.74) is 8.17. The first-order valence-electron chi connectivity index (χ1n) is 6.24. The molecule has 3 nitrogen and oxygen atoms in total. The third-order valence-corrected chi connectivity index (χ3v) is 3.83. The number of likely N-dealkylation sites (tertiary alicyclic amines) is 1. The molecule has 1 aromatic heterocycles. The molecule has 1 unspecified atom stereocenters. The summed E-state index contributed by atoms with van der Waals surface area (Å²) in [6.07, 6.45) is 2.90. The second kappa shape index (κ2) is 4.84. The molecule has 1 saturated heterocycles. The van der Waals surface area contributed by atoms with Crippen molar-refractivity contribution in [2.24, 2.45) is 5.73 Å². The van der Waals surface area contributed by atoms with Crippen LogP contribution in [0.5, 0.6) is 0 Å². The van der Waals surface area contributed by atoms with E-state index in [9.17, 15) is 0 Å². The molecule has 1 fully saturated rings. The fourth-order valence-electron chi connectivity index (χ4n) is 2.57. The van der Waals surface area contributed by atoms with Gasteiger partial charge in [-0.15, -0.1) is 0 Å². The zero-order chi connectivity index (χ0) is 12.5. The normalized spacial score (nSPS) is 20.7. The van der Waals surface area contributed by atoms with Crippen LogP contribution in [0, 0.1) is 0 Å². The summed E-state index contributed by atoms with van der Waals surface area (Å²) < 4.78 is 0. The van der Waals surface area contributed by atoms with E-state index in [1.807, 2.05) is 24.4 Å². The molecule has 0 amide bonds. The highest BCUT2D eigenvalue weighted by Gasteiger charge is 2.19. The Bertz CT molecular complexity index is 570. The number of nitrogens with two attached hydrogens (primary N) is 1. The Labute approximate surface area is 112 Å². The maximum absolute atomic E-state index is 6.20. The Morgan fingerprint density at radius 2 is 2.28 bits per heavy atom. The number of hydrogen-bond donors (Lipinski definition) is 1. The fraction of sp³-hybridized carbons (Fsp3) is 0.357. The van der Waals surface area contributed by atoms with E-state index in [1.165, 1.54) is 5.56 Å². The average molecular weight is 262 g/mol. The van der Waals surface area contributed by atoms with Gasteiger partial charge in [-0.25, -0.2) is 0 Å². The minimum Gasteiger partial charge on any atom is -0.326 e. The quantitative estimate of drug-likeness (QED) is 0.903. The summed E-state index contributed by atoms with van der Waals surface area (Å²) in [5, 5.41) is 1.79. The maximum atomic E-state index is 6.20. The highest BCUT2D eigenvalue weighted by atomic mass is 35.5. The van der Waals surface area contributed by atoms with Crippen molar-refractivity contribution in [3.63, 3.8) is 0 Å². The van der Waals surface area contributed by atoms with Gasteiger partial charge in [0.1, 0.15) is 0 Å². The number of hydrogen-bond acceptors (Lipinski definition) is 3. The van der Waals surface area contributed by atoms with Gasteiger partial charge in [-0.1, -0.05) is 17.7 Å². The number of pyridine rings is 1. The smallest absolute Gasteiger partial charge is 0.0761 e. The summed E-state index contributed by atoms with van der Waals surface area (Å²) >= 11 is 6.20. The van der Waals surface area contributed by atoms with Gasteiger partial charge in [0.2, 0.25) is 0 Å². The molecule has 0 spiro atoms. The second-order valence-corrected chi connectivity index (χ2v) is 5.30. The molecule has 18 heavy (non-hydrogen) atoms. The minimum absolute atomic E-state index is 0.316. The predicted molar refractivity (Wildman–Crippen MR) is 74.6 cm³/mol. The minimum atomic E-state index is 0.316. The zero-order valence-corrected chi connectivity index (χ0v) is 10.9. The molecule has 2 heterocycles. The van der Waals surface area contributed by atoms with Crippen LogP contribution in [0.4, 0.5) is 0 Å². The van der Waals surface area contributed by atoms with E-state index < -0.39 is 0 Å². The predicted octanol–water partition coefficient (Wildman–Crippen LogP) is 2.42. The van der Waals surface area contributed by atoms with Crippen molar-refractivity contribution in [2.45, 2.75) is 19.0 Å². The van der Waals surface area contributed by atoms with Crippen LogP contribution >= 0.6 is 11.6 Å². The average Bonchev–Trinajstić information content (AvgIpc) is 2.79. The summed E-state index contributed by atoms with van der Waals surface area (Å²) in [5.74, 6) is 0. The van der Waals surface area contributed by atoms with Crippen LogP contribution in [0.3, 0.4) is 0 Å². The molecule has 1 aliphatic rings. The molecule has 1 atom stereocenters. The van der Waals surface area contributed by atoms with Gasteiger partial charge in [0.05, 0.1) is 5.52 Å². The molecular formula is C14H16ClN3. The third kappa shape index (κ3) is 2.21. The van der Waals surface area contributed by atoms with Crippen molar-refractivity contribution < 1.29 is 0 Å². The van der Waals surface area contributed by atoms with Gasteiger partial charge in [-0.3, -0.25) is 9.88 Å². The summed E-state index contributed by atoms with van der Waals surface area (Å²) in [6.45, 7) is 2.94. The molecule has 1 aliphatic heterocycles. The lowest BCUT2D eigenvalue weighted by Crippen LogP contribution is -2.26. The summed E-state index contributed by atoms with van der Waals surface area (Å²) in [7, 11) is 0. The maximum Gasteiger partial charge on any atom is 0.0761 e. The van der Waals surface area contributed by atoms with Crippen LogP contribution in [-0.2, 0) is 6.54 Å². The van der Waals surface area contributed by atoms with Crippen molar-refractivity contribution in [3.05, 3.63) is 41.0 Å². The lowest BCUT2D eigenvalue weighted by Gasteiger charge is -2.16. The molecule has 4 heteroatoms. The Hall–Kier alpha value is -1.16. The Kier molecular flexibility index (Phi) is 3.20. The van der Waals surface area contributed by atoms with Crippen molar-refractivity contribution in [1.29, 1.82) is 0 Å². The van der Waals surface area contributed by atoms with Crippen LogP contribution in [0.1, 0.15) is 12.0 Å². The number of halogens is 1. The van der Waals surface area contributed by atoms with Crippen LogP contribution in [0.2, 0.25) is 5.02 Å². The second-order valence-electron chi connectivity index (χ2n) is 4.89. The molecule has 1 aromatic carbocycles. The number of rotatable bonds is 2. The highest BCUT2D eigenvalue weighted by Crippen LogP contribution is 2.26. The van der Waals surface area contributed by atoms with E-state index in [1.54, 1.807) is 0 Å². The molecule has 3 rings (SSSR count). The van der Waals surface area contributed by atoms with Gasteiger partial charge in [0.15, 0.2) is 0 Å². The van der Waals surface area contributed by atoms with E-state index in [4.69, 9.17) is 17.3 Å². The molecule has 0 bridgehead atoms. The highest BCUT2D eigenvalue weighted by molar-refractivity contribution is 6.35. The van der Waals surface area contributed by atoms with Gasteiger partial charge in [0, 0.05) is 42.3 Å². The molecule has 2 aromatic rings. The van der Waals surface area contributed by atoms with Crippen LogP contribution in [-0.4, -0.2) is 29.0 Å². The zero-order valence-electron chi connectivity index (χ0n) is 10.1.